The highest BCUT2D eigenvalue weighted by atomic mass is 16.5. The molecule has 6 aliphatic heterocycles. The summed E-state index contributed by atoms with van der Waals surface area (Å²) in [5, 5.41) is 3.17. The van der Waals surface area contributed by atoms with E-state index in [1.807, 2.05) is 0 Å². The molecule has 9 nitrogen and oxygen atoms in total. The second-order valence-electron chi connectivity index (χ2n) is 9.09. The molecule has 8 unspecified atom stereocenters. The predicted octanol–water partition coefficient (Wildman–Crippen LogP) is -1.10. The number of amides is 4. The lowest BCUT2D eigenvalue weighted by Crippen LogP contribution is -2.42. The van der Waals surface area contributed by atoms with E-state index < -0.39 is 0 Å². The number of nitrogens with one attached hydrogen (secondary N) is 1. The van der Waals surface area contributed by atoms with E-state index in [2.05, 4.69) is 5.32 Å². The van der Waals surface area contributed by atoms with Crippen molar-refractivity contribution < 1.29 is 28.7 Å². The van der Waals surface area contributed by atoms with Crippen LogP contribution in [0, 0.1) is 23.7 Å². The van der Waals surface area contributed by atoms with E-state index in [4.69, 9.17) is 9.47 Å². The van der Waals surface area contributed by atoms with Gasteiger partial charge in [0.1, 0.15) is 0 Å². The fourth-order valence-electron chi connectivity index (χ4n) is 6.50. The number of imide groups is 2. The van der Waals surface area contributed by atoms with E-state index in [-0.39, 0.29) is 71.7 Å². The van der Waals surface area contributed by atoms with Crippen molar-refractivity contribution in [3.63, 3.8) is 0 Å². The van der Waals surface area contributed by atoms with Crippen LogP contribution in [0.4, 0.5) is 0 Å². The first-order valence-electron chi connectivity index (χ1n) is 10.8. The second kappa shape index (κ2) is 6.33. The van der Waals surface area contributed by atoms with Crippen LogP contribution in [0.2, 0.25) is 0 Å². The van der Waals surface area contributed by atoms with Gasteiger partial charge in [0.05, 0.1) is 48.1 Å². The van der Waals surface area contributed by atoms with Crippen LogP contribution in [-0.2, 0) is 28.7 Å². The zero-order valence-electron chi connectivity index (χ0n) is 16.1. The van der Waals surface area contributed by atoms with Crippen molar-refractivity contribution in [3.05, 3.63) is 0 Å². The molecule has 6 fully saturated rings. The third-order valence-corrected chi connectivity index (χ3v) is 7.78. The molecular weight excluding hydrogens is 378 g/mol. The van der Waals surface area contributed by atoms with E-state index in [9.17, 15) is 19.2 Å². The topological polar surface area (TPSA) is 105 Å². The van der Waals surface area contributed by atoms with Gasteiger partial charge in [0.15, 0.2) is 0 Å². The lowest BCUT2D eigenvalue weighted by atomic mass is 9.81. The van der Waals surface area contributed by atoms with Gasteiger partial charge < -0.3 is 14.8 Å². The van der Waals surface area contributed by atoms with E-state index in [1.54, 1.807) is 0 Å². The normalized spacial score (nSPS) is 44.6. The number of rotatable bonds is 6. The average molecular weight is 403 g/mol. The van der Waals surface area contributed by atoms with E-state index in [0.717, 1.165) is 25.7 Å². The fourth-order valence-corrected chi connectivity index (χ4v) is 6.50. The van der Waals surface area contributed by atoms with Crippen molar-refractivity contribution in [2.75, 3.05) is 26.2 Å². The molecule has 6 aliphatic rings. The number of hydrogen-bond acceptors (Lipinski definition) is 7. The van der Waals surface area contributed by atoms with Crippen LogP contribution in [0.1, 0.15) is 25.7 Å². The molecule has 0 aliphatic carbocycles. The summed E-state index contributed by atoms with van der Waals surface area (Å²) in [6, 6.07) is 0. The second-order valence-corrected chi connectivity index (χ2v) is 9.09. The maximum absolute atomic E-state index is 12.6. The van der Waals surface area contributed by atoms with Crippen molar-refractivity contribution >= 4 is 23.6 Å². The summed E-state index contributed by atoms with van der Waals surface area (Å²) in [4.78, 5) is 53.2. The van der Waals surface area contributed by atoms with Crippen LogP contribution in [0.5, 0.6) is 0 Å². The van der Waals surface area contributed by atoms with E-state index in [0.29, 0.717) is 26.2 Å². The summed E-state index contributed by atoms with van der Waals surface area (Å²) in [5.74, 6) is -1.61. The van der Waals surface area contributed by atoms with Crippen LogP contribution in [0.15, 0.2) is 0 Å². The highest BCUT2D eigenvalue weighted by molar-refractivity contribution is 6.07. The Bertz CT molecular complexity index is 681. The number of ether oxygens (including phenoxy) is 2. The van der Waals surface area contributed by atoms with Crippen LogP contribution in [0.3, 0.4) is 0 Å². The Morgan fingerprint density at radius 1 is 0.621 bits per heavy atom. The lowest BCUT2D eigenvalue weighted by molar-refractivity contribution is -0.143. The molecule has 1 N–H and O–H groups in total. The van der Waals surface area contributed by atoms with Gasteiger partial charge in [-0.05, 0) is 25.7 Å². The summed E-state index contributed by atoms with van der Waals surface area (Å²) in [7, 11) is 0. The van der Waals surface area contributed by atoms with Crippen molar-refractivity contribution in [3.8, 4) is 0 Å². The minimum atomic E-state index is -0.293. The van der Waals surface area contributed by atoms with Crippen molar-refractivity contribution in [2.24, 2.45) is 23.7 Å². The molecule has 0 spiro atoms. The van der Waals surface area contributed by atoms with Gasteiger partial charge in [-0.2, -0.15) is 0 Å². The number of carbonyl (C=O) groups is 4. The Morgan fingerprint density at radius 2 is 0.931 bits per heavy atom. The maximum atomic E-state index is 12.6. The van der Waals surface area contributed by atoms with E-state index >= 15 is 0 Å². The van der Waals surface area contributed by atoms with Gasteiger partial charge in [0.2, 0.25) is 23.6 Å². The molecule has 0 radical (unpaired) electrons. The molecule has 29 heavy (non-hydrogen) atoms. The smallest absolute Gasteiger partial charge is 0.235 e. The summed E-state index contributed by atoms with van der Waals surface area (Å²) in [5.41, 5.74) is 0. The molecule has 9 heteroatoms. The quantitative estimate of drug-likeness (QED) is 0.443. The van der Waals surface area contributed by atoms with E-state index in [1.165, 1.54) is 9.80 Å². The third-order valence-electron chi connectivity index (χ3n) is 7.78. The zero-order chi connectivity index (χ0) is 19.9. The van der Waals surface area contributed by atoms with Gasteiger partial charge in [-0.3, -0.25) is 29.0 Å². The van der Waals surface area contributed by atoms with Crippen LogP contribution >= 0.6 is 0 Å². The van der Waals surface area contributed by atoms with Crippen LogP contribution in [0.25, 0.3) is 0 Å². The Kier molecular flexibility index (Phi) is 3.92. The summed E-state index contributed by atoms with van der Waals surface area (Å²) in [6.07, 6.45) is 3.09. The van der Waals surface area contributed by atoms with Crippen molar-refractivity contribution in [1.82, 2.24) is 15.1 Å². The average Bonchev–Trinajstić information content (AvgIpc) is 3.53. The van der Waals surface area contributed by atoms with Crippen molar-refractivity contribution in [1.29, 1.82) is 0 Å². The molecule has 6 saturated heterocycles. The SMILES string of the molecule is O=C1C2C3CCC(O3)C2C(=O)N1CCNCCN1C(=O)C2C3CCC(O3)C2C1=O. The maximum Gasteiger partial charge on any atom is 0.235 e. The van der Waals surface area contributed by atoms with Crippen molar-refractivity contribution in [2.45, 2.75) is 50.1 Å². The largest absolute Gasteiger partial charge is 0.373 e. The zero-order valence-corrected chi connectivity index (χ0v) is 16.1. The van der Waals surface area contributed by atoms with Gasteiger partial charge in [-0.25, -0.2) is 0 Å². The lowest BCUT2D eigenvalue weighted by Gasteiger charge is -2.19. The molecule has 0 aromatic carbocycles. The fraction of sp³-hybridized carbons (Fsp3) is 0.800. The summed E-state index contributed by atoms with van der Waals surface area (Å²) in [6.45, 7) is 1.53. The molecule has 4 bridgehead atoms. The number of carbonyl (C=O) groups excluding carboxylic acids is 4. The molecule has 6 heterocycles. The molecule has 6 rings (SSSR count). The Hall–Kier alpha value is -1.84. The molecule has 0 aromatic heterocycles. The number of hydrogen-bond donors (Lipinski definition) is 1. The number of likely N-dealkylation sites (tertiary alicyclic amines) is 2. The summed E-state index contributed by atoms with van der Waals surface area (Å²) < 4.78 is 11.5. The minimum Gasteiger partial charge on any atom is -0.373 e. The van der Waals surface area contributed by atoms with Gasteiger partial charge >= 0.3 is 0 Å². The highest BCUT2D eigenvalue weighted by Crippen LogP contribution is 2.49. The molecule has 0 saturated carbocycles. The standard InChI is InChI=1S/C20H25N3O6/c24-17-13-9-1-2-10(28-9)14(13)18(25)22(17)7-5-21-6-8-23-19(26)15-11-3-4-12(29-11)16(15)20(23)27/h9-16,21H,1-8H2. The predicted molar refractivity (Wildman–Crippen MR) is 96.1 cm³/mol. The molecule has 8 atom stereocenters. The molecule has 4 amide bonds. The Labute approximate surface area is 168 Å². The first kappa shape index (κ1) is 18.0. The van der Waals surface area contributed by atoms with Crippen LogP contribution in [-0.4, -0.2) is 84.0 Å². The van der Waals surface area contributed by atoms with Crippen LogP contribution < -0.4 is 5.32 Å². The first-order valence-corrected chi connectivity index (χ1v) is 10.8. The monoisotopic (exact) mass is 403 g/mol. The van der Waals surface area contributed by atoms with Gasteiger partial charge in [-0.15, -0.1) is 0 Å². The molecule has 0 aromatic rings. The van der Waals surface area contributed by atoms with Gasteiger partial charge in [0.25, 0.3) is 0 Å². The number of fused-ring (bicyclic) bond motifs is 10. The Balaban J connectivity index is 0.996. The summed E-state index contributed by atoms with van der Waals surface area (Å²) >= 11 is 0. The first-order chi connectivity index (χ1) is 14.1. The molecular formula is C20H25N3O6. The minimum absolute atomic E-state index is 0.0923. The molecule has 156 valence electrons. The third kappa shape index (κ3) is 2.38. The Morgan fingerprint density at radius 3 is 1.24 bits per heavy atom. The van der Waals surface area contributed by atoms with Gasteiger partial charge in [0, 0.05) is 26.2 Å². The van der Waals surface area contributed by atoms with Gasteiger partial charge in [-0.1, -0.05) is 0 Å². The number of nitrogens with zero attached hydrogens (tertiary/aromatic N) is 2. The highest BCUT2D eigenvalue weighted by Gasteiger charge is 2.63.